The van der Waals surface area contributed by atoms with E-state index >= 15 is 0 Å². The number of sulfonamides is 1. The highest BCUT2D eigenvalue weighted by Crippen LogP contribution is 2.30. The summed E-state index contributed by atoms with van der Waals surface area (Å²) in [5.74, 6) is 0.222. The lowest BCUT2D eigenvalue weighted by atomic mass is 10.2. The number of nitrogens with one attached hydrogen (secondary N) is 1. The van der Waals surface area contributed by atoms with Crippen molar-refractivity contribution in [1.82, 2.24) is 4.98 Å². The van der Waals surface area contributed by atoms with Gasteiger partial charge in [0, 0.05) is 10.7 Å². The van der Waals surface area contributed by atoms with Crippen LogP contribution in [0, 0.1) is 12.8 Å². The molecule has 0 aromatic carbocycles. The van der Waals surface area contributed by atoms with E-state index in [2.05, 4.69) is 9.71 Å². The highest BCUT2D eigenvalue weighted by molar-refractivity contribution is 8.15. The molecule has 110 valence electrons. The molecule has 1 aromatic rings. The molecular weight excluding hydrogens is 332 g/mol. The van der Waals surface area contributed by atoms with Crippen LogP contribution in [0.4, 0.5) is 5.13 Å². The average Bonchev–Trinajstić information content (AvgIpc) is 2.55. The van der Waals surface area contributed by atoms with Gasteiger partial charge in [-0.3, -0.25) is 4.72 Å². The Morgan fingerprint density at radius 2 is 1.89 bits per heavy atom. The van der Waals surface area contributed by atoms with Crippen LogP contribution in [0.3, 0.4) is 0 Å². The van der Waals surface area contributed by atoms with Crippen LogP contribution in [0.25, 0.3) is 0 Å². The zero-order chi connectivity index (χ0) is 14.8. The molecule has 0 atom stereocenters. The van der Waals surface area contributed by atoms with Gasteiger partial charge in [0.05, 0.1) is 11.4 Å². The Bertz CT molecular complexity index is 649. The predicted octanol–water partition coefficient (Wildman–Crippen LogP) is 2.17. The van der Waals surface area contributed by atoms with Gasteiger partial charge in [0.15, 0.2) is 9.34 Å². The molecule has 0 radical (unpaired) electrons. The molecule has 0 amide bonds. The number of hydrogen-bond donors (Lipinski definition) is 1. The van der Waals surface area contributed by atoms with Gasteiger partial charge < -0.3 is 0 Å². The van der Waals surface area contributed by atoms with Crippen LogP contribution in [-0.4, -0.2) is 27.6 Å². The van der Waals surface area contributed by atoms with Crippen LogP contribution in [0.15, 0.2) is 4.21 Å². The second-order valence-electron chi connectivity index (χ2n) is 4.43. The van der Waals surface area contributed by atoms with Crippen LogP contribution < -0.4 is 4.72 Å². The molecule has 19 heavy (non-hydrogen) atoms. The molecule has 6 nitrogen and oxygen atoms in total. The smallest absolute Gasteiger partial charge is 0.259 e. The van der Waals surface area contributed by atoms with Gasteiger partial charge >= 0.3 is 0 Å². The monoisotopic (exact) mass is 346 g/mol. The Morgan fingerprint density at radius 3 is 2.32 bits per heavy atom. The lowest BCUT2D eigenvalue weighted by molar-refractivity contribution is 0.578. The third kappa shape index (κ3) is 5.25. The molecule has 0 unspecified atom stereocenters. The Hall–Kier alpha value is -0.380. The fourth-order valence-electron chi connectivity index (χ4n) is 1.23. The Kier molecular flexibility index (Phi) is 5.21. The van der Waals surface area contributed by atoms with Crippen LogP contribution in [0.1, 0.15) is 26.0 Å². The van der Waals surface area contributed by atoms with Crippen LogP contribution >= 0.6 is 22.0 Å². The molecule has 0 aliphatic heterocycles. The molecule has 1 rings (SSSR count). The zero-order valence-corrected chi connectivity index (χ0v) is 13.9. The van der Waals surface area contributed by atoms with E-state index in [1.54, 1.807) is 0 Å². The number of thiazole rings is 1. The maximum atomic E-state index is 11.7. The molecular formula is C9H15ClN2O4S3. The second-order valence-corrected chi connectivity index (χ2v) is 10.0. The van der Waals surface area contributed by atoms with Crippen LogP contribution in [-0.2, 0) is 19.1 Å². The normalized spacial score (nSPS) is 12.9. The molecule has 1 N–H and O–H groups in total. The Morgan fingerprint density at radius 1 is 1.32 bits per heavy atom. The molecule has 0 spiro atoms. The van der Waals surface area contributed by atoms with Gasteiger partial charge in [-0.1, -0.05) is 25.2 Å². The third-order valence-corrected chi connectivity index (χ3v) is 6.84. The van der Waals surface area contributed by atoms with Crippen molar-refractivity contribution in [3.63, 3.8) is 0 Å². The Balaban J connectivity index is 2.90. The molecule has 0 fully saturated rings. The molecule has 1 heterocycles. The van der Waals surface area contributed by atoms with Crippen molar-refractivity contribution >= 4 is 46.2 Å². The van der Waals surface area contributed by atoms with E-state index in [0.29, 0.717) is 17.8 Å². The molecule has 0 saturated carbocycles. The first-order valence-corrected chi connectivity index (χ1v) is 10.2. The molecule has 1 aromatic heterocycles. The minimum Gasteiger partial charge on any atom is -0.259 e. The number of rotatable bonds is 6. The third-order valence-electron chi connectivity index (χ3n) is 2.18. The summed E-state index contributed by atoms with van der Waals surface area (Å²) in [7, 11) is -2.20. The number of halogens is 1. The van der Waals surface area contributed by atoms with Crippen molar-refractivity contribution in [2.45, 2.75) is 31.4 Å². The van der Waals surface area contributed by atoms with E-state index in [4.69, 9.17) is 10.7 Å². The topological polar surface area (TPSA) is 93.2 Å². The number of nitrogens with zero attached hydrogens (tertiary/aromatic N) is 1. The van der Waals surface area contributed by atoms with E-state index in [0.717, 1.165) is 0 Å². The van der Waals surface area contributed by atoms with E-state index in [1.165, 1.54) is 6.92 Å². The van der Waals surface area contributed by atoms with Crippen molar-refractivity contribution < 1.29 is 16.8 Å². The van der Waals surface area contributed by atoms with E-state index < -0.39 is 19.1 Å². The van der Waals surface area contributed by atoms with Crippen LogP contribution in [0.5, 0.6) is 0 Å². The van der Waals surface area contributed by atoms with E-state index in [1.807, 2.05) is 13.8 Å². The van der Waals surface area contributed by atoms with Gasteiger partial charge in [0.2, 0.25) is 10.0 Å². The first-order chi connectivity index (χ1) is 8.51. The summed E-state index contributed by atoms with van der Waals surface area (Å²) in [4.78, 5) is 3.85. The molecule has 10 heteroatoms. The van der Waals surface area contributed by atoms with Crippen molar-refractivity contribution in [3.8, 4) is 0 Å². The molecule has 0 bridgehead atoms. The van der Waals surface area contributed by atoms with E-state index in [9.17, 15) is 16.8 Å². The summed E-state index contributed by atoms with van der Waals surface area (Å²) >= 11 is 0.706. The standard InChI is InChI=1S/C9H15ClN2O4S3/c1-6(2)4-5-18(13,14)12-9-11-7(3)8(17-9)19(10,15)16/h6H,4-5H2,1-3H3,(H,11,12). The molecule has 0 aliphatic rings. The maximum Gasteiger partial charge on any atom is 0.272 e. The number of aromatic nitrogens is 1. The minimum atomic E-state index is -3.90. The number of anilines is 1. The fraction of sp³-hybridized carbons (Fsp3) is 0.667. The highest BCUT2D eigenvalue weighted by atomic mass is 35.7. The largest absolute Gasteiger partial charge is 0.272 e. The Labute approximate surface area is 121 Å². The van der Waals surface area contributed by atoms with Crippen molar-refractivity contribution in [1.29, 1.82) is 0 Å². The highest BCUT2D eigenvalue weighted by Gasteiger charge is 2.21. The summed E-state index contributed by atoms with van der Waals surface area (Å²) < 4.78 is 48.0. The summed E-state index contributed by atoms with van der Waals surface area (Å²) in [6.07, 6.45) is 0.514. The van der Waals surface area contributed by atoms with Gasteiger partial charge in [0.25, 0.3) is 9.05 Å². The lowest BCUT2D eigenvalue weighted by Crippen LogP contribution is -2.17. The fourth-order valence-corrected chi connectivity index (χ4v) is 5.17. The van der Waals surface area contributed by atoms with Crippen molar-refractivity contribution in [2.24, 2.45) is 5.92 Å². The SMILES string of the molecule is Cc1nc(NS(=O)(=O)CCC(C)C)sc1S(=O)(=O)Cl. The van der Waals surface area contributed by atoms with E-state index in [-0.39, 0.29) is 26.7 Å². The first kappa shape index (κ1) is 16.7. The van der Waals surface area contributed by atoms with Crippen molar-refractivity contribution in [2.75, 3.05) is 10.5 Å². The number of hydrogen-bond acceptors (Lipinski definition) is 6. The predicted molar refractivity (Wildman–Crippen MR) is 76.8 cm³/mol. The summed E-state index contributed by atoms with van der Waals surface area (Å²) in [6.45, 7) is 5.29. The van der Waals surface area contributed by atoms with Gasteiger partial charge in [-0.05, 0) is 19.3 Å². The average molecular weight is 347 g/mol. The van der Waals surface area contributed by atoms with Crippen LogP contribution in [0.2, 0.25) is 0 Å². The quantitative estimate of drug-likeness (QED) is 0.797. The lowest BCUT2D eigenvalue weighted by Gasteiger charge is -2.06. The molecule has 0 saturated heterocycles. The van der Waals surface area contributed by atoms with Crippen molar-refractivity contribution in [3.05, 3.63) is 5.69 Å². The zero-order valence-electron chi connectivity index (χ0n) is 10.7. The minimum absolute atomic E-state index is 0.0143. The number of aryl methyl sites for hydroxylation is 1. The maximum absolute atomic E-state index is 11.7. The second kappa shape index (κ2) is 5.94. The van der Waals surface area contributed by atoms with Gasteiger partial charge in [0.1, 0.15) is 0 Å². The van der Waals surface area contributed by atoms with Gasteiger partial charge in [-0.15, -0.1) is 0 Å². The first-order valence-electron chi connectivity index (χ1n) is 5.44. The summed E-state index contributed by atoms with van der Waals surface area (Å²) in [5.41, 5.74) is 0.182. The van der Waals surface area contributed by atoms with Gasteiger partial charge in [-0.25, -0.2) is 21.8 Å². The summed E-state index contributed by atoms with van der Waals surface area (Å²) in [5, 5.41) is 0.0143. The molecule has 0 aliphatic carbocycles. The van der Waals surface area contributed by atoms with Gasteiger partial charge in [-0.2, -0.15) is 0 Å². The summed E-state index contributed by atoms with van der Waals surface area (Å²) in [6, 6.07) is 0.